The lowest BCUT2D eigenvalue weighted by Gasteiger charge is -2.00. The molecule has 0 aliphatic rings. The molecule has 16 heavy (non-hydrogen) atoms. The summed E-state index contributed by atoms with van der Waals surface area (Å²) in [6, 6.07) is 5.27. The Bertz CT molecular complexity index is 567. The Hall–Kier alpha value is -1.64. The second-order valence-corrected chi connectivity index (χ2v) is 4.73. The zero-order valence-electron chi connectivity index (χ0n) is 8.05. The number of thiophene rings is 1. The molecular formula is C10H6ClN3OS. The van der Waals surface area contributed by atoms with Crippen molar-refractivity contribution in [3.8, 4) is 6.07 Å². The fourth-order valence-corrected chi connectivity index (χ4v) is 2.22. The molecule has 0 aliphatic carbocycles. The van der Waals surface area contributed by atoms with Crippen LogP contribution in [0, 0.1) is 11.3 Å². The number of rotatable bonds is 3. The molecule has 0 unspecified atom stereocenters. The van der Waals surface area contributed by atoms with Crippen LogP contribution in [0.1, 0.15) is 15.5 Å². The van der Waals surface area contributed by atoms with E-state index in [4.69, 9.17) is 16.9 Å². The van der Waals surface area contributed by atoms with Gasteiger partial charge in [0.1, 0.15) is 6.07 Å². The van der Waals surface area contributed by atoms with Gasteiger partial charge < -0.3 is 4.57 Å². The maximum Gasteiger partial charge on any atom is 0.213 e. The Kier molecular flexibility index (Phi) is 3.04. The molecule has 6 heteroatoms. The summed E-state index contributed by atoms with van der Waals surface area (Å²) in [5.74, 6) is 0.155. The monoisotopic (exact) mass is 251 g/mol. The highest BCUT2D eigenvalue weighted by Crippen LogP contribution is 2.22. The van der Waals surface area contributed by atoms with E-state index in [1.54, 1.807) is 18.3 Å². The molecule has 80 valence electrons. The largest absolute Gasteiger partial charge is 0.315 e. The van der Waals surface area contributed by atoms with Gasteiger partial charge in [0.2, 0.25) is 5.82 Å². The molecule has 0 N–H and O–H groups in total. The van der Waals surface area contributed by atoms with Crippen LogP contribution < -0.4 is 0 Å². The van der Waals surface area contributed by atoms with Gasteiger partial charge in [-0.1, -0.05) is 11.6 Å². The minimum absolute atomic E-state index is 0.0774. The number of Topliss-reactive ketones (excluding diaryl/α,β-unsaturated/α-hetero) is 1. The third-order valence-electron chi connectivity index (χ3n) is 1.98. The lowest BCUT2D eigenvalue weighted by atomic mass is 10.3. The van der Waals surface area contributed by atoms with Crippen LogP contribution in [0.3, 0.4) is 0 Å². The summed E-state index contributed by atoms with van der Waals surface area (Å²) in [6.45, 7) is 0.111. The lowest BCUT2D eigenvalue weighted by Crippen LogP contribution is -2.09. The minimum Gasteiger partial charge on any atom is -0.315 e. The highest BCUT2D eigenvalue weighted by Gasteiger charge is 2.11. The Balaban J connectivity index is 2.17. The summed E-state index contributed by atoms with van der Waals surface area (Å²) in [6.07, 6.45) is 3.10. The van der Waals surface area contributed by atoms with Crippen molar-refractivity contribution < 1.29 is 4.79 Å². The van der Waals surface area contributed by atoms with E-state index in [0.717, 1.165) is 0 Å². The number of carbonyl (C=O) groups excluding carboxylic acids is 1. The highest BCUT2D eigenvalue weighted by atomic mass is 35.5. The van der Waals surface area contributed by atoms with E-state index >= 15 is 0 Å². The molecule has 0 saturated carbocycles. The molecule has 2 aromatic heterocycles. The van der Waals surface area contributed by atoms with Crippen molar-refractivity contribution in [3.63, 3.8) is 0 Å². The van der Waals surface area contributed by atoms with Crippen molar-refractivity contribution in [2.24, 2.45) is 0 Å². The predicted octanol–water partition coefficient (Wildman–Crippen LogP) is 2.35. The van der Waals surface area contributed by atoms with Crippen LogP contribution in [0.4, 0.5) is 0 Å². The van der Waals surface area contributed by atoms with E-state index in [1.807, 2.05) is 6.07 Å². The molecule has 2 aromatic rings. The lowest BCUT2D eigenvalue weighted by molar-refractivity contribution is 0.0975. The number of hydrogen-bond acceptors (Lipinski definition) is 4. The number of nitrogens with zero attached hydrogens (tertiary/aromatic N) is 3. The summed E-state index contributed by atoms with van der Waals surface area (Å²) >= 11 is 6.97. The quantitative estimate of drug-likeness (QED) is 0.787. The Morgan fingerprint density at radius 2 is 2.44 bits per heavy atom. The van der Waals surface area contributed by atoms with Gasteiger partial charge in [0.25, 0.3) is 0 Å². The fraction of sp³-hybridized carbons (Fsp3) is 0.100. The first-order valence-corrected chi connectivity index (χ1v) is 5.60. The van der Waals surface area contributed by atoms with E-state index in [9.17, 15) is 4.79 Å². The number of carbonyl (C=O) groups is 1. The van der Waals surface area contributed by atoms with Crippen molar-refractivity contribution in [1.82, 2.24) is 9.55 Å². The summed E-state index contributed by atoms with van der Waals surface area (Å²) in [4.78, 5) is 16.2. The molecule has 0 aromatic carbocycles. The van der Waals surface area contributed by atoms with Crippen molar-refractivity contribution >= 4 is 28.7 Å². The number of aromatic nitrogens is 2. The first kappa shape index (κ1) is 10.9. The van der Waals surface area contributed by atoms with Crippen LogP contribution in [-0.2, 0) is 6.54 Å². The van der Waals surface area contributed by atoms with Crippen molar-refractivity contribution in [1.29, 1.82) is 5.26 Å². The molecule has 0 fully saturated rings. The average molecular weight is 252 g/mol. The summed E-state index contributed by atoms with van der Waals surface area (Å²) in [7, 11) is 0. The van der Waals surface area contributed by atoms with Gasteiger partial charge in [0.15, 0.2) is 5.78 Å². The first-order chi connectivity index (χ1) is 7.70. The van der Waals surface area contributed by atoms with Gasteiger partial charge in [-0.3, -0.25) is 4.79 Å². The molecule has 0 amide bonds. The van der Waals surface area contributed by atoms with Gasteiger partial charge in [-0.15, -0.1) is 11.3 Å². The predicted molar refractivity (Wildman–Crippen MR) is 60.6 cm³/mol. The van der Waals surface area contributed by atoms with Crippen LogP contribution in [0.15, 0.2) is 24.5 Å². The number of ketones is 1. The Labute approximate surface area is 101 Å². The van der Waals surface area contributed by atoms with Crippen LogP contribution in [0.2, 0.25) is 4.34 Å². The number of imidazole rings is 1. The van der Waals surface area contributed by atoms with Gasteiger partial charge in [-0.05, 0) is 12.1 Å². The third-order valence-corrected chi connectivity index (χ3v) is 3.25. The second-order valence-electron chi connectivity index (χ2n) is 3.02. The molecular weight excluding hydrogens is 246 g/mol. The first-order valence-electron chi connectivity index (χ1n) is 4.40. The summed E-state index contributed by atoms with van der Waals surface area (Å²) in [5.41, 5.74) is 0. The zero-order chi connectivity index (χ0) is 11.5. The molecule has 2 heterocycles. The maximum absolute atomic E-state index is 11.8. The maximum atomic E-state index is 11.8. The van der Waals surface area contributed by atoms with Gasteiger partial charge in [-0.2, -0.15) is 5.26 Å². The Morgan fingerprint density at radius 3 is 3.06 bits per heavy atom. The molecule has 0 saturated heterocycles. The van der Waals surface area contributed by atoms with Crippen LogP contribution >= 0.6 is 22.9 Å². The van der Waals surface area contributed by atoms with Crippen molar-refractivity contribution in [3.05, 3.63) is 39.6 Å². The molecule has 4 nitrogen and oxygen atoms in total. The standard InChI is InChI=1S/C10H6ClN3OS/c11-9-2-1-8(16-9)7(15)6-14-4-3-13-10(14)5-12/h1-4H,6H2. The molecule has 0 atom stereocenters. The minimum atomic E-state index is -0.0774. The molecule has 0 spiro atoms. The van der Waals surface area contributed by atoms with Crippen molar-refractivity contribution in [2.75, 3.05) is 0 Å². The average Bonchev–Trinajstić information content (AvgIpc) is 2.86. The summed E-state index contributed by atoms with van der Waals surface area (Å²) < 4.78 is 2.09. The van der Waals surface area contributed by atoms with Gasteiger partial charge >= 0.3 is 0 Å². The van der Waals surface area contributed by atoms with Crippen LogP contribution in [0.25, 0.3) is 0 Å². The SMILES string of the molecule is N#Cc1nccn1CC(=O)c1ccc(Cl)s1. The number of halogens is 1. The van der Waals surface area contributed by atoms with Crippen LogP contribution in [-0.4, -0.2) is 15.3 Å². The third kappa shape index (κ3) is 2.13. The normalized spacial score (nSPS) is 10.0. The van der Waals surface area contributed by atoms with Crippen LogP contribution in [0.5, 0.6) is 0 Å². The topological polar surface area (TPSA) is 58.7 Å². The molecule has 0 aliphatic heterocycles. The molecule has 0 radical (unpaired) electrons. The molecule has 0 bridgehead atoms. The van der Waals surface area contributed by atoms with Gasteiger partial charge in [0, 0.05) is 12.4 Å². The highest BCUT2D eigenvalue weighted by molar-refractivity contribution is 7.18. The number of hydrogen-bond donors (Lipinski definition) is 0. The van der Waals surface area contributed by atoms with E-state index in [0.29, 0.717) is 9.21 Å². The van der Waals surface area contributed by atoms with Gasteiger partial charge in [-0.25, -0.2) is 4.98 Å². The van der Waals surface area contributed by atoms with E-state index in [1.165, 1.54) is 22.1 Å². The number of nitriles is 1. The van der Waals surface area contributed by atoms with E-state index in [-0.39, 0.29) is 18.2 Å². The van der Waals surface area contributed by atoms with E-state index in [2.05, 4.69) is 4.98 Å². The van der Waals surface area contributed by atoms with Crippen molar-refractivity contribution in [2.45, 2.75) is 6.54 Å². The smallest absolute Gasteiger partial charge is 0.213 e. The zero-order valence-corrected chi connectivity index (χ0v) is 9.63. The fourth-order valence-electron chi connectivity index (χ4n) is 1.25. The Morgan fingerprint density at radius 1 is 1.62 bits per heavy atom. The molecule has 2 rings (SSSR count). The van der Waals surface area contributed by atoms with E-state index < -0.39 is 0 Å². The second kappa shape index (κ2) is 4.47. The van der Waals surface area contributed by atoms with Gasteiger partial charge in [0.05, 0.1) is 15.8 Å². The summed E-state index contributed by atoms with van der Waals surface area (Å²) in [5, 5.41) is 8.73.